The number of aromatic nitrogens is 3. The maximum Gasteiger partial charge on any atom is 0.270 e. The lowest BCUT2D eigenvalue weighted by Gasteiger charge is -2.19. The lowest BCUT2D eigenvalue weighted by Crippen LogP contribution is -2.28. The van der Waals surface area contributed by atoms with Crippen LogP contribution in [0.3, 0.4) is 0 Å². The van der Waals surface area contributed by atoms with Crippen LogP contribution in [0.2, 0.25) is 0 Å². The van der Waals surface area contributed by atoms with Gasteiger partial charge in [0.15, 0.2) is 6.10 Å². The minimum atomic E-state index is -1.34. The van der Waals surface area contributed by atoms with E-state index in [1.165, 1.54) is 41.0 Å². The summed E-state index contributed by atoms with van der Waals surface area (Å²) in [5.74, 6) is -1.53. The number of likely N-dealkylation sites (N-methyl/N-ethyl adjacent to an activating group) is 1. The summed E-state index contributed by atoms with van der Waals surface area (Å²) in [6, 6.07) is 16.2. The predicted octanol–water partition coefficient (Wildman–Crippen LogP) is 4.24. The summed E-state index contributed by atoms with van der Waals surface area (Å²) in [6.45, 7) is 6.24. The molecule has 0 saturated carbocycles. The molecular formula is C32H34FN5O4. The Bertz CT molecular complexity index is 1670. The highest BCUT2D eigenvalue weighted by Gasteiger charge is 2.20. The quantitative estimate of drug-likeness (QED) is 0.343. The summed E-state index contributed by atoms with van der Waals surface area (Å²) in [4.78, 5) is 43.4. The van der Waals surface area contributed by atoms with Crippen LogP contribution >= 0.6 is 0 Å². The molecule has 0 aliphatic carbocycles. The van der Waals surface area contributed by atoms with Gasteiger partial charge in [0.05, 0.1) is 11.4 Å². The Morgan fingerprint density at radius 2 is 1.74 bits per heavy atom. The third kappa shape index (κ3) is 6.77. The second kappa shape index (κ2) is 12.0. The van der Waals surface area contributed by atoms with E-state index in [-0.39, 0.29) is 23.1 Å². The zero-order chi connectivity index (χ0) is 30.8. The van der Waals surface area contributed by atoms with Gasteiger partial charge >= 0.3 is 0 Å². The minimum Gasteiger partial charge on any atom is -0.378 e. The summed E-state index contributed by atoms with van der Waals surface area (Å²) in [5.41, 5.74) is 3.24. The average molecular weight is 572 g/mol. The van der Waals surface area contributed by atoms with Crippen molar-refractivity contribution in [3.05, 3.63) is 111 Å². The highest BCUT2D eigenvalue weighted by Crippen LogP contribution is 2.26. The van der Waals surface area contributed by atoms with Crippen LogP contribution in [0.15, 0.2) is 71.7 Å². The van der Waals surface area contributed by atoms with Crippen LogP contribution in [0.4, 0.5) is 10.1 Å². The number of nitrogens with zero attached hydrogens (tertiary/aromatic N) is 4. The van der Waals surface area contributed by atoms with Gasteiger partial charge in [-0.1, -0.05) is 39.0 Å². The summed E-state index contributed by atoms with van der Waals surface area (Å²) >= 11 is 0. The molecule has 2 heterocycles. The number of rotatable bonds is 7. The molecule has 0 spiro atoms. The van der Waals surface area contributed by atoms with Crippen LogP contribution < -0.4 is 10.9 Å². The Labute approximate surface area is 243 Å². The molecule has 2 N–H and O–H groups in total. The van der Waals surface area contributed by atoms with Crippen LogP contribution in [0.5, 0.6) is 0 Å². The van der Waals surface area contributed by atoms with E-state index in [1.807, 2.05) is 12.1 Å². The third-order valence-corrected chi connectivity index (χ3v) is 6.87. The SMILES string of the molecule is CN(C)C(=O)C(O)c1ccc(Cc2cc(-c3ccc(F)c(NC(=O)c4ccc(C(C)(C)C)cc4)c3)nn(C)c2=O)nc1. The molecule has 9 nitrogen and oxygen atoms in total. The van der Waals surface area contributed by atoms with Gasteiger partial charge in [0.25, 0.3) is 17.4 Å². The van der Waals surface area contributed by atoms with Crippen molar-refractivity contribution in [2.45, 2.75) is 38.7 Å². The second-order valence-corrected chi connectivity index (χ2v) is 11.4. The molecule has 42 heavy (non-hydrogen) atoms. The number of aryl methyl sites for hydroxylation is 1. The number of pyridine rings is 1. The molecule has 2 aromatic heterocycles. The molecule has 218 valence electrons. The fourth-order valence-electron chi connectivity index (χ4n) is 4.32. The van der Waals surface area contributed by atoms with Crippen molar-refractivity contribution in [1.82, 2.24) is 19.7 Å². The van der Waals surface area contributed by atoms with Crippen molar-refractivity contribution in [1.29, 1.82) is 0 Å². The number of halogens is 1. The van der Waals surface area contributed by atoms with E-state index >= 15 is 0 Å². The number of anilines is 1. The van der Waals surface area contributed by atoms with E-state index in [2.05, 4.69) is 36.2 Å². The van der Waals surface area contributed by atoms with Crippen LogP contribution in [0.1, 0.15) is 59.6 Å². The first kappa shape index (κ1) is 30.3. The van der Waals surface area contributed by atoms with Gasteiger partial charge in [-0.2, -0.15) is 5.10 Å². The molecule has 1 unspecified atom stereocenters. The Hall–Kier alpha value is -4.70. The van der Waals surface area contributed by atoms with E-state index in [0.29, 0.717) is 33.6 Å². The first-order valence-corrected chi connectivity index (χ1v) is 13.4. The van der Waals surface area contributed by atoms with Crippen LogP contribution in [0.25, 0.3) is 11.3 Å². The highest BCUT2D eigenvalue weighted by molar-refractivity contribution is 6.04. The van der Waals surface area contributed by atoms with Crippen LogP contribution in [0, 0.1) is 5.82 Å². The number of aliphatic hydroxyl groups is 1. The number of benzene rings is 2. The summed E-state index contributed by atoms with van der Waals surface area (Å²) in [5, 5.41) is 17.2. The van der Waals surface area contributed by atoms with Crippen molar-refractivity contribution in [2.24, 2.45) is 7.05 Å². The van der Waals surface area contributed by atoms with Crippen molar-refractivity contribution >= 4 is 17.5 Å². The Morgan fingerprint density at radius 3 is 2.33 bits per heavy atom. The second-order valence-electron chi connectivity index (χ2n) is 11.4. The number of hydrogen-bond acceptors (Lipinski definition) is 6. The number of carbonyl (C=O) groups excluding carboxylic acids is 2. The van der Waals surface area contributed by atoms with E-state index < -0.39 is 23.7 Å². The van der Waals surface area contributed by atoms with Crippen molar-refractivity contribution in [2.75, 3.05) is 19.4 Å². The molecule has 1 atom stereocenters. The Morgan fingerprint density at radius 1 is 1.05 bits per heavy atom. The van der Waals surface area contributed by atoms with Gasteiger partial charge in [0.1, 0.15) is 5.82 Å². The van der Waals surface area contributed by atoms with Gasteiger partial charge < -0.3 is 15.3 Å². The molecule has 0 radical (unpaired) electrons. The molecule has 10 heteroatoms. The van der Waals surface area contributed by atoms with Gasteiger partial charge in [0, 0.05) is 61.7 Å². The van der Waals surface area contributed by atoms with E-state index in [1.54, 1.807) is 44.4 Å². The Kier molecular flexibility index (Phi) is 8.67. The maximum absolute atomic E-state index is 14.7. The topological polar surface area (TPSA) is 117 Å². The maximum atomic E-state index is 14.7. The first-order valence-electron chi connectivity index (χ1n) is 13.4. The number of hydrogen-bond donors (Lipinski definition) is 2. The molecule has 0 fully saturated rings. The number of amides is 2. The molecule has 0 aliphatic rings. The van der Waals surface area contributed by atoms with Crippen molar-refractivity contribution in [3.63, 3.8) is 0 Å². The summed E-state index contributed by atoms with van der Waals surface area (Å²) in [7, 11) is 4.62. The Balaban J connectivity index is 1.57. The molecule has 4 aromatic rings. The molecule has 0 aliphatic heterocycles. The van der Waals surface area contributed by atoms with Gasteiger partial charge in [-0.3, -0.25) is 19.4 Å². The lowest BCUT2D eigenvalue weighted by atomic mass is 9.87. The van der Waals surface area contributed by atoms with Crippen LogP contribution in [-0.4, -0.2) is 50.7 Å². The molecule has 2 aromatic carbocycles. The normalized spacial score (nSPS) is 12.1. The highest BCUT2D eigenvalue weighted by atomic mass is 19.1. The first-order chi connectivity index (χ1) is 19.7. The summed E-state index contributed by atoms with van der Waals surface area (Å²) in [6.07, 6.45) is 0.229. The van der Waals surface area contributed by atoms with E-state index in [9.17, 15) is 23.9 Å². The van der Waals surface area contributed by atoms with Gasteiger partial charge in [-0.15, -0.1) is 0 Å². The van der Waals surface area contributed by atoms with Gasteiger partial charge in [0.2, 0.25) is 0 Å². The summed E-state index contributed by atoms with van der Waals surface area (Å²) < 4.78 is 15.9. The van der Waals surface area contributed by atoms with E-state index in [4.69, 9.17) is 0 Å². The average Bonchev–Trinajstić information content (AvgIpc) is 2.95. The monoisotopic (exact) mass is 571 g/mol. The molecule has 0 saturated heterocycles. The van der Waals surface area contributed by atoms with Gasteiger partial charge in [-0.05, 0) is 53.4 Å². The predicted molar refractivity (Wildman–Crippen MR) is 159 cm³/mol. The number of aliphatic hydroxyl groups excluding tert-OH is 1. The van der Waals surface area contributed by atoms with Crippen LogP contribution in [-0.2, 0) is 23.7 Å². The molecule has 4 rings (SSSR count). The number of nitrogens with one attached hydrogen (secondary N) is 1. The zero-order valence-corrected chi connectivity index (χ0v) is 24.5. The smallest absolute Gasteiger partial charge is 0.270 e. The number of carbonyl (C=O) groups is 2. The van der Waals surface area contributed by atoms with Crippen molar-refractivity contribution < 1.29 is 19.1 Å². The van der Waals surface area contributed by atoms with E-state index in [0.717, 1.165) is 5.56 Å². The lowest BCUT2D eigenvalue weighted by molar-refractivity contribution is -0.137. The fourth-order valence-corrected chi connectivity index (χ4v) is 4.32. The third-order valence-electron chi connectivity index (χ3n) is 6.87. The van der Waals surface area contributed by atoms with Gasteiger partial charge in [-0.25, -0.2) is 9.07 Å². The molecule has 2 amide bonds. The molecule has 0 bridgehead atoms. The minimum absolute atomic E-state index is 0.0160. The largest absolute Gasteiger partial charge is 0.378 e. The van der Waals surface area contributed by atoms with Crippen molar-refractivity contribution in [3.8, 4) is 11.3 Å². The standard InChI is InChI=1S/C32H34FN5O4/c1-32(2,3)23-11-7-19(8-12-23)29(40)35-27-16-20(10-14-25(27)33)26-17-22(30(41)38(6)36-26)15-24-13-9-21(18-34-24)28(39)31(42)37(4)5/h7-14,16-18,28,39H,15H2,1-6H3,(H,35,40). The fraction of sp³-hybridized carbons (Fsp3) is 0.281. The zero-order valence-electron chi connectivity index (χ0n) is 24.5. The molecular weight excluding hydrogens is 537 g/mol.